The van der Waals surface area contributed by atoms with Crippen LogP contribution in [0.3, 0.4) is 0 Å². The predicted molar refractivity (Wildman–Crippen MR) is 82.2 cm³/mol. The van der Waals surface area contributed by atoms with Crippen molar-refractivity contribution in [2.24, 2.45) is 0 Å². The van der Waals surface area contributed by atoms with Crippen LogP contribution in [0.15, 0.2) is 18.2 Å². The van der Waals surface area contributed by atoms with Crippen molar-refractivity contribution in [1.29, 1.82) is 0 Å². The standard InChI is InChI=1S/C15H18ClF3N2O2/c1-2-3-4-7-20-13(22)9-14(23)21-10-5-6-12(16)11(8-10)15(17,18)19/h5-6,8H,2-4,7,9H2,1H3,(H,20,22)(H,21,23). The zero-order valence-corrected chi connectivity index (χ0v) is 13.4. The molecule has 0 bridgehead atoms. The highest BCUT2D eigenvalue weighted by Crippen LogP contribution is 2.36. The van der Waals surface area contributed by atoms with E-state index in [1.165, 1.54) is 6.07 Å². The van der Waals surface area contributed by atoms with Crippen LogP contribution in [-0.2, 0) is 15.8 Å². The van der Waals surface area contributed by atoms with Crippen molar-refractivity contribution in [1.82, 2.24) is 5.32 Å². The van der Waals surface area contributed by atoms with Crippen LogP contribution in [0.5, 0.6) is 0 Å². The maximum atomic E-state index is 12.7. The van der Waals surface area contributed by atoms with Gasteiger partial charge < -0.3 is 10.6 Å². The number of nitrogens with one attached hydrogen (secondary N) is 2. The van der Waals surface area contributed by atoms with Gasteiger partial charge >= 0.3 is 6.18 Å². The lowest BCUT2D eigenvalue weighted by atomic mass is 10.2. The molecule has 4 nitrogen and oxygen atoms in total. The molecule has 2 N–H and O–H groups in total. The van der Waals surface area contributed by atoms with E-state index in [2.05, 4.69) is 10.6 Å². The fourth-order valence-electron chi connectivity index (χ4n) is 1.84. The summed E-state index contributed by atoms with van der Waals surface area (Å²) < 4.78 is 38.2. The van der Waals surface area contributed by atoms with Gasteiger partial charge in [0.1, 0.15) is 6.42 Å². The highest BCUT2D eigenvalue weighted by atomic mass is 35.5. The monoisotopic (exact) mass is 350 g/mol. The molecule has 0 radical (unpaired) electrons. The molecular formula is C15H18ClF3N2O2. The first-order valence-electron chi connectivity index (χ1n) is 7.17. The minimum absolute atomic E-state index is 0.0643. The first kappa shape index (κ1) is 19.3. The van der Waals surface area contributed by atoms with Crippen LogP contribution in [0, 0.1) is 0 Å². The zero-order chi connectivity index (χ0) is 17.5. The van der Waals surface area contributed by atoms with E-state index >= 15 is 0 Å². The van der Waals surface area contributed by atoms with Crippen molar-refractivity contribution in [2.45, 2.75) is 38.8 Å². The van der Waals surface area contributed by atoms with E-state index in [9.17, 15) is 22.8 Å². The number of unbranched alkanes of at least 4 members (excludes halogenated alkanes) is 2. The number of rotatable bonds is 7. The molecule has 0 atom stereocenters. The predicted octanol–water partition coefficient (Wildman–Crippen LogP) is 3.99. The summed E-state index contributed by atoms with van der Waals surface area (Å²) in [6.45, 7) is 2.50. The second-order valence-corrected chi connectivity index (χ2v) is 5.38. The molecule has 0 fully saturated rings. The van der Waals surface area contributed by atoms with Crippen LogP contribution >= 0.6 is 11.6 Å². The third-order valence-corrected chi connectivity index (χ3v) is 3.31. The van der Waals surface area contributed by atoms with Gasteiger partial charge in [-0.2, -0.15) is 13.2 Å². The summed E-state index contributed by atoms with van der Waals surface area (Å²) in [4.78, 5) is 23.2. The van der Waals surface area contributed by atoms with Gasteiger partial charge in [-0.25, -0.2) is 0 Å². The minimum Gasteiger partial charge on any atom is -0.356 e. The first-order chi connectivity index (χ1) is 10.7. The van der Waals surface area contributed by atoms with Gasteiger partial charge in [0.05, 0.1) is 10.6 Å². The molecule has 128 valence electrons. The summed E-state index contributed by atoms with van der Waals surface area (Å²) in [7, 11) is 0. The number of halogens is 4. The van der Waals surface area contributed by atoms with Crippen LogP contribution in [0.4, 0.5) is 18.9 Å². The van der Waals surface area contributed by atoms with E-state index in [1.54, 1.807) is 0 Å². The Kier molecular flexibility index (Phi) is 7.35. The Bertz CT molecular complexity index is 562. The summed E-state index contributed by atoms with van der Waals surface area (Å²) in [6.07, 6.45) is -2.27. The third-order valence-electron chi connectivity index (χ3n) is 2.98. The molecule has 0 aliphatic heterocycles. The van der Waals surface area contributed by atoms with E-state index < -0.39 is 35.0 Å². The van der Waals surface area contributed by atoms with Gasteiger partial charge in [-0.15, -0.1) is 0 Å². The molecule has 0 aliphatic rings. The molecule has 0 unspecified atom stereocenters. The van der Waals surface area contributed by atoms with Crippen LogP contribution in [0.1, 0.15) is 38.2 Å². The zero-order valence-electron chi connectivity index (χ0n) is 12.6. The van der Waals surface area contributed by atoms with E-state index in [0.717, 1.165) is 31.4 Å². The maximum Gasteiger partial charge on any atom is 0.417 e. The Balaban J connectivity index is 2.56. The van der Waals surface area contributed by atoms with Crippen molar-refractivity contribution >= 4 is 29.1 Å². The van der Waals surface area contributed by atoms with Crippen molar-refractivity contribution in [3.05, 3.63) is 28.8 Å². The second kappa shape index (κ2) is 8.76. The lowest BCUT2D eigenvalue weighted by Crippen LogP contribution is -2.28. The average molecular weight is 351 g/mol. The fourth-order valence-corrected chi connectivity index (χ4v) is 2.06. The quantitative estimate of drug-likeness (QED) is 0.577. The van der Waals surface area contributed by atoms with Gasteiger partial charge in [0.25, 0.3) is 0 Å². The molecule has 8 heteroatoms. The summed E-state index contributed by atoms with van der Waals surface area (Å²) in [6, 6.07) is 3.03. The number of amides is 2. The summed E-state index contributed by atoms with van der Waals surface area (Å²) >= 11 is 5.49. The molecule has 1 rings (SSSR count). The first-order valence-corrected chi connectivity index (χ1v) is 7.55. The lowest BCUT2D eigenvalue weighted by Gasteiger charge is -2.12. The fraction of sp³-hybridized carbons (Fsp3) is 0.467. The number of anilines is 1. The number of carbonyl (C=O) groups excluding carboxylic acids is 2. The molecule has 2 amide bonds. The molecule has 0 aromatic heterocycles. The van der Waals surface area contributed by atoms with Crippen molar-refractivity contribution < 1.29 is 22.8 Å². The molecule has 0 saturated carbocycles. The molecule has 0 aliphatic carbocycles. The van der Waals surface area contributed by atoms with Gasteiger partial charge in [-0.1, -0.05) is 31.4 Å². The Labute approximate surface area is 137 Å². The van der Waals surface area contributed by atoms with Crippen molar-refractivity contribution in [3.8, 4) is 0 Å². The second-order valence-electron chi connectivity index (χ2n) is 4.97. The summed E-state index contributed by atoms with van der Waals surface area (Å²) in [5.74, 6) is -1.16. The topological polar surface area (TPSA) is 58.2 Å². The molecule has 1 aromatic rings. The highest BCUT2D eigenvalue weighted by Gasteiger charge is 2.33. The van der Waals surface area contributed by atoms with E-state index in [0.29, 0.717) is 6.54 Å². The number of hydrogen-bond acceptors (Lipinski definition) is 2. The van der Waals surface area contributed by atoms with Crippen molar-refractivity contribution in [3.63, 3.8) is 0 Å². The van der Waals surface area contributed by atoms with Crippen LogP contribution < -0.4 is 10.6 Å². The molecule has 23 heavy (non-hydrogen) atoms. The Morgan fingerprint density at radius 2 is 1.87 bits per heavy atom. The number of benzene rings is 1. The lowest BCUT2D eigenvalue weighted by molar-refractivity contribution is -0.137. The Hall–Kier alpha value is -1.76. The minimum atomic E-state index is -4.62. The van der Waals surface area contributed by atoms with E-state index in [-0.39, 0.29) is 5.69 Å². The largest absolute Gasteiger partial charge is 0.417 e. The molecule has 0 heterocycles. The van der Waals surface area contributed by atoms with E-state index in [4.69, 9.17) is 11.6 Å². The van der Waals surface area contributed by atoms with Gasteiger partial charge in [0.2, 0.25) is 11.8 Å². The Morgan fingerprint density at radius 3 is 2.48 bits per heavy atom. The number of alkyl halides is 3. The van der Waals surface area contributed by atoms with E-state index in [1.807, 2.05) is 6.92 Å². The SMILES string of the molecule is CCCCCNC(=O)CC(=O)Nc1ccc(Cl)c(C(F)(F)F)c1. The molecular weight excluding hydrogens is 333 g/mol. The molecule has 0 saturated heterocycles. The maximum absolute atomic E-state index is 12.7. The molecule has 0 spiro atoms. The Morgan fingerprint density at radius 1 is 1.17 bits per heavy atom. The van der Waals surface area contributed by atoms with Gasteiger partial charge in [0, 0.05) is 12.2 Å². The van der Waals surface area contributed by atoms with Crippen LogP contribution in [-0.4, -0.2) is 18.4 Å². The van der Waals surface area contributed by atoms with Crippen molar-refractivity contribution in [2.75, 3.05) is 11.9 Å². The highest BCUT2D eigenvalue weighted by molar-refractivity contribution is 6.31. The van der Waals surface area contributed by atoms with Crippen LogP contribution in [0.2, 0.25) is 5.02 Å². The summed E-state index contributed by atoms with van der Waals surface area (Å²) in [5.41, 5.74) is -1.11. The molecule has 1 aromatic carbocycles. The van der Waals surface area contributed by atoms with Gasteiger partial charge in [0.15, 0.2) is 0 Å². The summed E-state index contributed by atoms with van der Waals surface area (Å²) in [5, 5.41) is 4.38. The van der Waals surface area contributed by atoms with Gasteiger partial charge in [-0.05, 0) is 24.6 Å². The average Bonchev–Trinajstić information content (AvgIpc) is 2.44. The van der Waals surface area contributed by atoms with Crippen LogP contribution in [0.25, 0.3) is 0 Å². The normalized spacial score (nSPS) is 11.2. The van der Waals surface area contributed by atoms with Gasteiger partial charge in [-0.3, -0.25) is 9.59 Å². The number of hydrogen-bond donors (Lipinski definition) is 2. The number of carbonyl (C=O) groups is 2. The third kappa shape index (κ3) is 6.90. The smallest absolute Gasteiger partial charge is 0.356 e.